The molecule has 0 aliphatic rings. The minimum absolute atomic E-state index is 0.296. The molecule has 0 saturated heterocycles. The molecule has 0 aliphatic carbocycles. The monoisotopic (exact) mass is 306 g/mol. The Hall–Kier alpha value is -1.59. The van der Waals surface area contributed by atoms with Crippen LogP contribution >= 0.6 is 24.0 Å². The van der Waals surface area contributed by atoms with Crippen LogP contribution in [0.4, 0.5) is 15.8 Å². The molecule has 0 fully saturated rings. The van der Waals surface area contributed by atoms with Crippen LogP contribution in [0.1, 0.15) is 11.1 Å². The first kappa shape index (κ1) is 14.8. The van der Waals surface area contributed by atoms with Crippen LogP contribution in [0.25, 0.3) is 0 Å². The fourth-order valence-corrected chi connectivity index (χ4v) is 2.85. The Morgan fingerprint density at radius 3 is 2.60 bits per heavy atom. The molecule has 2 rings (SSSR count). The average molecular weight is 306 g/mol. The van der Waals surface area contributed by atoms with Crippen molar-refractivity contribution in [3.8, 4) is 0 Å². The topological polar surface area (TPSA) is 38.0 Å². The lowest BCUT2D eigenvalue weighted by molar-refractivity contribution is 0.630. The summed E-state index contributed by atoms with van der Waals surface area (Å²) in [6.45, 7) is 1.85. The van der Waals surface area contributed by atoms with Gasteiger partial charge in [-0.2, -0.15) is 0 Å². The number of anilines is 2. The number of halogens is 1. The summed E-state index contributed by atoms with van der Waals surface area (Å²) >= 11 is 6.66. The maximum Gasteiger partial charge on any atom is 0.146 e. The lowest BCUT2D eigenvalue weighted by atomic mass is 10.1. The van der Waals surface area contributed by atoms with Gasteiger partial charge in [-0.3, -0.25) is 0 Å². The Balaban J connectivity index is 2.45. The van der Waals surface area contributed by atoms with Crippen molar-refractivity contribution < 1.29 is 4.39 Å². The molecule has 0 radical (unpaired) electrons. The third-order valence-electron chi connectivity index (χ3n) is 2.89. The summed E-state index contributed by atoms with van der Waals surface area (Å²) in [6, 6.07) is 10.7. The van der Waals surface area contributed by atoms with Crippen molar-refractivity contribution in [1.82, 2.24) is 0 Å². The highest BCUT2D eigenvalue weighted by atomic mass is 32.2. The molecular weight excluding hydrogens is 291 g/mol. The fraction of sp³-hybridized carbons (Fsp3) is 0.133. The maximum atomic E-state index is 13.9. The van der Waals surface area contributed by atoms with E-state index in [9.17, 15) is 4.39 Å². The number of nitrogens with two attached hydrogens (primary N) is 1. The zero-order chi connectivity index (χ0) is 14.7. The van der Waals surface area contributed by atoms with Gasteiger partial charge >= 0.3 is 0 Å². The van der Waals surface area contributed by atoms with Crippen molar-refractivity contribution in [3.05, 3.63) is 53.3 Å². The molecule has 2 nitrogen and oxygen atoms in total. The van der Waals surface area contributed by atoms with Crippen molar-refractivity contribution in [3.63, 3.8) is 0 Å². The molecule has 0 bridgehead atoms. The van der Waals surface area contributed by atoms with E-state index in [1.54, 1.807) is 17.8 Å². The van der Waals surface area contributed by atoms with Crippen molar-refractivity contribution in [1.29, 1.82) is 0 Å². The zero-order valence-corrected chi connectivity index (χ0v) is 12.9. The lowest BCUT2D eigenvalue weighted by Gasteiger charge is -2.15. The van der Waals surface area contributed by atoms with E-state index in [0.29, 0.717) is 16.4 Å². The molecule has 0 heterocycles. The average Bonchev–Trinajstić information content (AvgIpc) is 2.41. The van der Waals surface area contributed by atoms with Crippen LogP contribution < -0.4 is 11.1 Å². The number of benzene rings is 2. The third kappa shape index (κ3) is 3.11. The summed E-state index contributed by atoms with van der Waals surface area (Å²) in [6.07, 6.45) is 1.95. The maximum absolute atomic E-state index is 13.9. The molecule has 0 aliphatic heterocycles. The number of nitrogens with one attached hydrogen (secondary N) is 1. The number of hydrogen-bond acceptors (Lipinski definition) is 3. The van der Waals surface area contributed by atoms with Crippen LogP contribution in [0.15, 0.2) is 41.3 Å². The smallest absolute Gasteiger partial charge is 0.146 e. The SMILES string of the molecule is CSc1cccc(Nc2ccc(C)cc2F)c1C(N)=S. The summed E-state index contributed by atoms with van der Waals surface area (Å²) in [5, 5.41) is 3.07. The number of rotatable bonds is 4. The van der Waals surface area contributed by atoms with Gasteiger partial charge in [-0.25, -0.2) is 4.39 Å². The van der Waals surface area contributed by atoms with Gasteiger partial charge < -0.3 is 11.1 Å². The Bertz CT molecular complexity index is 656. The van der Waals surface area contributed by atoms with Gasteiger partial charge in [0.15, 0.2) is 0 Å². The fourth-order valence-electron chi connectivity index (χ4n) is 1.93. The van der Waals surface area contributed by atoms with Crippen LogP contribution in [0.3, 0.4) is 0 Å². The molecule has 3 N–H and O–H groups in total. The molecule has 104 valence electrons. The van der Waals surface area contributed by atoms with Gasteiger partial charge in [-0.1, -0.05) is 24.4 Å². The Kier molecular flexibility index (Phi) is 4.62. The second-order valence-electron chi connectivity index (χ2n) is 4.36. The quantitative estimate of drug-likeness (QED) is 0.655. The van der Waals surface area contributed by atoms with E-state index in [4.69, 9.17) is 18.0 Å². The van der Waals surface area contributed by atoms with E-state index in [0.717, 1.165) is 16.0 Å². The first-order chi connectivity index (χ1) is 9.52. The minimum atomic E-state index is -0.298. The van der Waals surface area contributed by atoms with Gasteiger partial charge in [0.25, 0.3) is 0 Å². The third-order valence-corrected chi connectivity index (χ3v) is 3.87. The zero-order valence-electron chi connectivity index (χ0n) is 11.2. The second-order valence-corrected chi connectivity index (χ2v) is 5.64. The van der Waals surface area contributed by atoms with Crippen molar-refractivity contribution >= 4 is 40.3 Å². The molecule has 2 aromatic rings. The molecule has 5 heteroatoms. The molecule has 0 saturated carbocycles. The largest absolute Gasteiger partial charge is 0.389 e. The number of thioether (sulfide) groups is 1. The molecule has 20 heavy (non-hydrogen) atoms. The molecule has 0 aromatic heterocycles. The standard InChI is InChI=1S/C15H15FN2S2/c1-9-6-7-11(10(16)8-9)18-12-4-3-5-13(20-2)14(12)15(17)19/h3-8,18H,1-2H3,(H2,17,19). The number of aryl methyl sites for hydroxylation is 1. The highest BCUT2D eigenvalue weighted by Crippen LogP contribution is 2.30. The van der Waals surface area contributed by atoms with E-state index in [1.807, 2.05) is 37.4 Å². The predicted molar refractivity (Wildman–Crippen MR) is 88.5 cm³/mol. The normalized spacial score (nSPS) is 10.3. The van der Waals surface area contributed by atoms with Crippen LogP contribution in [0.5, 0.6) is 0 Å². The van der Waals surface area contributed by atoms with Gasteiger partial charge in [0, 0.05) is 16.1 Å². The Morgan fingerprint density at radius 1 is 1.25 bits per heavy atom. The predicted octanol–water partition coefficient (Wildman–Crippen LogP) is 4.23. The first-order valence-electron chi connectivity index (χ1n) is 6.03. The summed E-state index contributed by atoms with van der Waals surface area (Å²) in [7, 11) is 0. The van der Waals surface area contributed by atoms with Gasteiger partial charge in [0.2, 0.25) is 0 Å². The first-order valence-corrected chi connectivity index (χ1v) is 7.66. The van der Waals surface area contributed by atoms with E-state index in [-0.39, 0.29) is 5.82 Å². The lowest BCUT2D eigenvalue weighted by Crippen LogP contribution is -2.13. The summed E-state index contributed by atoms with van der Waals surface area (Å²) < 4.78 is 13.9. The van der Waals surface area contributed by atoms with Crippen molar-refractivity contribution in [2.75, 3.05) is 11.6 Å². The number of thiocarbonyl (C=S) groups is 1. The van der Waals surface area contributed by atoms with Crippen molar-refractivity contribution in [2.24, 2.45) is 5.73 Å². The highest BCUT2D eigenvalue weighted by Gasteiger charge is 2.12. The van der Waals surface area contributed by atoms with E-state index < -0.39 is 0 Å². The summed E-state index contributed by atoms with van der Waals surface area (Å²) in [4.78, 5) is 1.26. The molecule has 0 unspecified atom stereocenters. The summed E-state index contributed by atoms with van der Waals surface area (Å²) in [5.74, 6) is -0.298. The minimum Gasteiger partial charge on any atom is -0.389 e. The van der Waals surface area contributed by atoms with Crippen LogP contribution in [0.2, 0.25) is 0 Å². The van der Waals surface area contributed by atoms with Gasteiger partial charge in [0.05, 0.1) is 5.69 Å². The van der Waals surface area contributed by atoms with Crippen LogP contribution in [-0.4, -0.2) is 11.2 Å². The molecular formula is C15H15FN2S2. The molecule has 0 spiro atoms. The molecule has 0 atom stereocenters. The van der Waals surface area contributed by atoms with Gasteiger partial charge in [-0.05, 0) is 43.0 Å². The van der Waals surface area contributed by atoms with E-state index in [2.05, 4.69) is 5.32 Å². The van der Waals surface area contributed by atoms with E-state index >= 15 is 0 Å². The Labute approximate surface area is 127 Å². The van der Waals surface area contributed by atoms with Crippen molar-refractivity contribution in [2.45, 2.75) is 11.8 Å². The summed E-state index contributed by atoms with van der Waals surface area (Å²) in [5.41, 5.74) is 8.54. The second kappa shape index (κ2) is 6.24. The number of hydrogen-bond donors (Lipinski definition) is 2. The molecule has 2 aromatic carbocycles. The Morgan fingerprint density at radius 2 is 2.00 bits per heavy atom. The highest BCUT2D eigenvalue weighted by molar-refractivity contribution is 7.98. The van der Waals surface area contributed by atoms with E-state index in [1.165, 1.54) is 6.07 Å². The van der Waals surface area contributed by atoms with Crippen LogP contribution in [-0.2, 0) is 0 Å². The van der Waals surface area contributed by atoms with Gasteiger partial charge in [0.1, 0.15) is 10.8 Å². The van der Waals surface area contributed by atoms with Gasteiger partial charge in [-0.15, -0.1) is 11.8 Å². The van der Waals surface area contributed by atoms with Crippen LogP contribution in [0, 0.1) is 12.7 Å². The molecule has 0 amide bonds.